The number of anilines is 1. The molecule has 1 saturated carbocycles. The first-order valence-corrected chi connectivity index (χ1v) is 10.6. The van der Waals surface area contributed by atoms with Crippen LogP contribution in [0.3, 0.4) is 0 Å². The quantitative estimate of drug-likeness (QED) is 0.784. The Morgan fingerprint density at radius 3 is 2.07 bits per heavy atom. The van der Waals surface area contributed by atoms with E-state index in [0.717, 1.165) is 31.4 Å². The van der Waals surface area contributed by atoms with Crippen molar-refractivity contribution in [1.29, 1.82) is 0 Å². The molecule has 27 heavy (non-hydrogen) atoms. The largest absolute Gasteiger partial charge is 0.369 e. The standard InChI is InChI=1S/C21H25N5S/c1-27-18-11-7-16(8-12-18)15-5-9-17(10-6-15)26-20(23)24-19(22)25-21(26)13-3-2-4-14-21/h5-12H,2-4,13-14H2,1H3,(H4,22,23,24,25). The third-order valence-electron chi connectivity index (χ3n) is 5.40. The van der Waals surface area contributed by atoms with Gasteiger partial charge in [-0.2, -0.15) is 4.99 Å². The maximum atomic E-state index is 6.30. The lowest BCUT2D eigenvalue weighted by Gasteiger charge is -2.45. The molecule has 140 valence electrons. The molecule has 4 N–H and O–H groups in total. The Labute approximate surface area is 164 Å². The van der Waals surface area contributed by atoms with Gasteiger partial charge in [0.25, 0.3) is 0 Å². The smallest absolute Gasteiger partial charge is 0.220 e. The lowest BCUT2D eigenvalue weighted by molar-refractivity contribution is 0.305. The highest BCUT2D eigenvalue weighted by molar-refractivity contribution is 7.98. The molecule has 0 radical (unpaired) electrons. The molecular weight excluding hydrogens is 354 g/mol. The molecule has 0 amide bonds. The van der Waals surface area contributed by atoms with Gasteiger partial charge in [-0.25, -0.2) is 4.99 Å². The highest BCUT2D eigenvalue weighted by Crippen LogP contribution is 2.39. The maximum absolute atomic E-state index is 6.30. The summed E-state index contributed by atoms with van der Waals surface area (Å²) in [6.45, 7) is 0. The lowest BCUT2D eigenvalue weighted by Crippen LogP contribution is -2.58. The first kappa shape index (κ1) is 17.9. The number of aliphatic imine (C=N–C) groups is 2. The summed E-state index contributed by atoms with van der Waals surface area (Å²) in [5, 5.41) is 0. The fourth-order valence-corrected chi connectivity index (χ4v) is 4.49. The molecule has 1 fully saturated rings. The predicted octanol–water partition coefficient (Wildman–Crippen LogP) is 4.19. The lowest BCUT2D eigenvalue weighted by atomic mass is 9.87. The van der Waals surface area contributed by atoms with Gasteiger partial charge in [-0.15, -0.1) is 11.8 Å². The van der Waals surface area contributed by atoms with E-state index < -0.39 is 5.66 Å². The highest BCUT2D eigenvalue weighted by Gasteiger charge is 2.42. The van der Waals surface area contributed by atoms with Gasteiger partial charge in [-0.3, -0.25) is 4.90 Å². The normalized spacial score (nSPS) is 18.9. The van der Waals surface area contributed by atoms with Crippen molar-refractivity contribution in [2.24, 2.45) is 21.5 Å². The van der Waals surface area contributed by atoms with Crippen LogP contribution < -0.4 is 16.4 Å². The zero-order chi connectivity index (χ0) is 18.9. The van der Waals surface area contributed by atoms with Crippen LogP contribution in [0.2, 0.25) is 0 Å². The molecule has 0 unspecified atom stereocenters. The SMILES string of the molecule is CSc1ccc(-c2ccc(N3C(N)=NC(N)=NC34CCCCC4)cc2)cc1. The van der Waals surface area contributed by atoms with Crippen molar-refractivity contribution in [2.45, 2.75) is 42.7 Å². The van der Waals surface area contributed by atoms with Crippen molar-refractivity contribution in [3.05, 3.63) is 48.5 Å². The summed E-state index contributed by atoms with van der Waals surface area (Å²) < 4.78 is 0. The van der Waals surface area contributed by atoms with E-state index >= 15 is 0 Å². The third-order valence-corrected chi connectivity index (χ3v) is 6.14. The topological polar surface area (TPSA) is 80.0 Å². The molecule has 1 heterocycles. The molecule has 0 atom stereocenters. The van der Waals surface area contributed by atoms with E-state index in [-0.39, 0.29) is 5.96 Å². The fraction of sp³-hybridized carbons (Fsp3) is 0.333. The van der Waals surface area contributed by atoms with Crippen LogP contribution in [0.4, 0.5) is 5.69 Å². The van der Waals surface area contributed by atoms with E-state index in [0.29, 0.717) is 5.96 Å². The summed E-state index contributed by atoms with van der Waals surface area (Å²) in [5.41, 5.74) is 15.3. The van der Waals surface area contributed by atoms with Crippen LogP contribution in [0.1, 0.15) is 32.1 Å². The molecule has 2 aliphatic rings. The Hall–Kier alpha value is -2.47. The van der Waals surface area contributed by atoms with Gasteiger partial charge in [0.2, 0.25) is 11.9 Å². The summed E-state index contributed by atoms with van der Waals surface area (Å²) in [7, 11) is 0. The summed E-state index contributed by atoms with van der Waals surface area (Å²) in [6.07, 6.45) is 7.46. The van der Waals surface area contributed by atoms with Crippen molar-refractivity contribution in [2.75, 3.05) is 11.2 Å². The number of nitrogens with two attached hydrogens (primary N) is 2. The molecule has 0 aromatic heterocycles. The second kappa shape index (κ2) is 7.27. The summed E-state index contributed by atoms with van der Waals surface area (Å²) in [4.78, 5) is 12.3. The Bertz CT molecular complexity index is 864. The number of thioether (sulfide) groups is 1. The molecule has 6 heteroatoms. The highest BCUT2D eigenvalue weighted by atomic mass is 32.2. The molecule has 1 aliphatic heterocycles. The van der Waals surface area contributed by atoms with Crippen LogP contribution in [-0.2, 0) is 0 Å². The van der Waals surface area contributed by atoms with Crippen LogP contribution in [0.15, 0.2) is 63.4 Å². The van der Waals surface area contributed by atoms with Crippen LogP contribution >= 0.6 is 11.8 Å². The first-order chi connectivity index (χ1) is 13.1. The fourth-order valence-electron chi connectivity index (χ4n) is 4.08. The van der Waals surface area contributed by atoms with Crippen molar-refractivity contribution >= 4 is 29.4 Å². The van der Waals surface area contributed by atoms with Gasteiger partial charge in [0, 0.05) is 10.6 Å². The van der Waals surface area contributed by atoms with Crippen LogP contribution in [0.25, 0.3) is 11.1 Å². The minimum atomic E-state index is -0.393. The van der Waals surface area contributed by atoms with Crippen LogP contribution in [0.5, 0.6) is 0 Å². The van der Waals surface area contributed by atoms with E-state index in [4.69, 9.17) is 16.5 Å². The van der Waals surface area contributed by atoms with E-state index in [1.165, 1.54) is 22.4 Å². The van der Waals surface area contributed by atoms with Gasteiger partial charge in [0.1, 0.15) is 5.66 Å². The second-order valence-electron chi connectivity index (χ2n) is 7.09. The number of rotatable bonds is 3. The Kier molecular flexibility index (Phi) is 4.83. The monoisotopic (exact) mass is 379 g/mol. The number of hydrogen-bond acceptors (Lipinski definition) is 6. The van der Waals surface area contributed by atoms with Crippen molar-refractivity contribution in [3.8, 4) is 11.1 Å². The first-order valence-electron chi connectivity index (χ1n) is 9.35. The second-order valence-corrected chi connectivity index (χ2v) is 7.97. The average Bonchev–Trinajstić information content (AvgIpc) is 2.68. The van der Waals surface area contributed by atoms with E-state index in [9.17, 15) is 0 Å². The number of hydrogen-bond donors (Lipinski definition) is 2. The van der Waals surface area contributed by atoms with Crippen molar-refractivity contribution < 1.29 is 0 Å². The van der Waals surface area contributed by atoms with Gasteiger partial charge < -0.3 is 11.5 Å². The van der Waals surface area contributed by atoms with E-state index in [1.807, 2.05) is 0 Å². The molecule has 1 aliphatic carbocycles. The van der Waals surface area contributed by atoms with E-state index in [1.54, 1.807) is 11.8 Å². The number of guanidine groups is 2. The Balaban J connectivity index is 1.66. The van der Waals surface area contributed by atoms with Gasteiger partial charge in [-0.05, 0) is 67.3 Å². The molecule has 4 rings (SSSR count). The molecule has 0 bridgehead atoms. The average molecular weight is 380 g/mol. The van der Waals surface area contributed by atoms with Crippen LogP contribution in [0, 0.1) is 0 Å². The zero-order valence-electron chi connectivity index (χ0n) is 15.6. The minimum absolute atomic E-state index is 0.288. The van der Waals surface area contributed by atoms with Crippen LogP contribution in [-0.4, -0.2) is 23.8 Å². The molecule has 2 aromatic carbocycles. The van der Waals surface area contributed by atoms with E-state index in [2.05, 4.69) is 64.7 Å². The molecule has 1 spiro atoms. The van der Waals surface area contributed by atoms with Gasteiger partial charge >= 0.3 is 0 Å². The summed E-state index contributed by atoms with van der Waals surface area (Å²) in [5.74, 6) is 0.720. The molecular formula is C21H25N5S. The predicted molar refractivity (Wildman–Crippen MR) is 115 cm³/mol. The van der Waals surface area contributed by atoms with Gasteiger partial charge in [0.05, 0.1) is 0 Å². The van der Waals surface area contributed by atoms with Gasteiger partial charge in [0.15, 0.2) is 0 Å². The van der Waals surface area contributed by atoms with Crippen molar-refractivity contribution in [1.82, 2.24) is 0 Å². The Morgan fingerprint density at radius 2 is 1.48 bits per heavy atom. The van der Waals surface area contributed by atoms with Crippen molar-refractivity contribution in [3.63, 3.8) is 0 Å². The molecule has 0 saturated heterocycles. The summed E-state index contributed by atoms with van der Waals surface area (Å²) in [6, 6.07) is 17.1. The third kappa shape index (κ3) is 3.41. The van der Waals surface area contributed by atoms with Gasteiger partial charge in [-0.1, -0.05) is 30.7 Å². The number of benzene rings is 2. The Morgan fingerprint density at radius 1 is 0.889 bits per heavy atom. The molecule has 2 aromatic rings. The minimum Gasteiger partial charge on any atom is -0.369 e. The zero-order valence-corrected chi connectivity index (χ0v) is 16.4. The summed E-state index contributed by atoms with van der Waals surface area (Å²) >= 11 is 1.75. The number of nitrogens with zero attached hydrogens (tertiary/aromatic N) is 3. The molecule has 5 nitrogen and oxygen atoms in total. The maximum Gasteiger partial charge on any atom is 0.220 e.